The molecule has 13 heteroatoms. The lowest BCUT2D eigenvalue weighted by molar-refractivity contribution is -0.142. The number of sulfonamides is 1. The number of pyridine rings is 1. The molecule has 0 spiro atoms. The SMILES string of the molecule is O=C(O)[C@H](Cc1ccncc1)NC(=O)[C@@H]1CSCN1S(=O)(=O)c1cc(Cl)c(Cl)s1. The molecule has 1 aliphatic rings. The summed E-state index contributed by atoms with van der Waals surface area (Å²) in [7, 11) is -4.00. The Bertz CT molecular complexity index is 997. The maximum atomic E-state index is 12.9. The van der Waals surface area contributed by atoms with Crippen LogP contribution in [0.25, 0.3) is 0 Å². The Morgan fingerprint density at radius 2 is 2.03 bits per heavy atom. The first-order valence-corrected chi connectivity index (χ1v) is 12.3. The van der Waals surface area contributed by atoms with E-state index in [9.17, 15) is 23.1 Å². The van der Waals surface area contributed by atoms with E-state index in [4.69, 9.17) is 23.2 Å². The number of carboxylic acid groups (broad SMARTS) is 1. The Labute approximate surface area is 185 Å². The van der Waals surface area contributed by atoms with E-state index < -0.39 is 34.0 Å². The zero-order chi connectivity index (χ0) is 21.2. The van der Waals surface area contributed by atoms with Gasteiger partial charge in [0.25, 0.3) is 10.0 Å². The van der Waals surface area contributed by atoms with Crippen molar-refractivity contribution in [1.29, 1.82) is 0 Å². The van der Waals surface area contributed by atoms with E-state index in [1.807, 2.05) is 0 Å². The molecule has 1 saturated heterocycles. The number of aliphatic carboxylic acids is 1. The number of hydrogen-bond acceptors (Lipinski definition) is 7. The summed E-state index contributed by atoms with van der Waals surface area (Å²) in [6.45, 7) is 0. The van der Waals surface area contributed by atoms with Crippen LogP contribution in [0, 0.1) is 0 Å². The standard InChI is InChI=1S/C16H15Cl2N3O5S3/c17-10-6-13(28-14(10)18)29(25,26)21-8-27-7-12(21)15(22)20-11(16(23)24)5-9-1-3-19-4-2-9/h1-4,6,11-12H,5,7-8H2,(H,20,22)(H,23,24)/t11-,12-/m0/s1. The van der Waals surface area contributed by atoms with Gasteiger partial charge >= 0.3 is 5.97 Å². The van der Waals surface area contributed by atoms with Gasteiger partial charge in [-0.3, -0.25) is 9.78 Å². The summed E-state index contributed by atoms with van der Waals surface area (Å²) in [5, 5.41) is 12.0. The highest BCUT2D eigenvalue weighted by atomic mass is 35.5. The average molecular weight is 496 g/mol. The summed E-state index contributed by atoms with van der Waals surface area (Å²) in [4.78, 5) is 28.2. The van der Waals surface area contributed by atoms with Crippen LogP contribution in [0.1, 0.15) is 5.56 Å². The zero-order valence-corrected chi connectivity index (χ0v) is 18.6. The lowest BCUT2D eigenvalue weighted by Gasteiger charge is -2.23. The number of hydrogen-bond donors (Lipinski definition) is 2. The topological polar surface area (TPSA) is 117 Å². The van der Waals surface area contributed by atoms with E-state index >= 15 is 0 Å². The molecular weight excluding hydrogens is 481 g/mol. The molecule has 1 fully saturated rings. The van der Waals surface area contributed by atoms with Crippen molar-refractivity contribution in [1.82, 2.24) is 14.6 Å². The minimum absolute atomic E-state index is 0.0480. The summed E-state index contributed by atoms with van der Waals surface area (Å²) in [6, 6.07) is 2.30. The second-order valence-electron chi connectivity index (χ2n) is 6.05. The molecule has 3 heterocycles. The fourth-order valence-corrected chi connectivity index (χ4v) is 7.82. The van der Waals surface area contributed by atoms with Gasteiger partial charge in [0.05, 0.1) is 10.9 Å². The van der Waals surface area contributed by atoms with Crippen LogP contribution in [-0.2, 0) is 26.0 Å². The Morgan fingerprint density at radius 3 is 2.62 bits per heavy atom. The van der Waals surface area contributed by atoms with Gasteiger partial charge in [-0.2, -0.15) is 4.31 Å². The molecule has 8 nitrogen and oxygen atoms in total. The Hall–Kier alpha value is -1.37. The van der Waals surface area contributed by atoms with Gasteiger partial charge in [0, 0.05) is 24.6 Å². The predicted octanol–water partition coefficient (Wildman–Crippen LogP) is 2.33. The Morgan fingerprint density at radius 1 is 1.34 bits per heavy atom. The minimum Gasteiger partial charge on any atom is -0.480 e. The van der Waals surface area contributed by atoms with Crippen molar-refractivity contribution in [2.45, 2.75) is 22.7 Å². The smallest absolute Gasteiger partial charge is 0.326 e. The van der Waals surface area contributed by atoms with Gasteiger partial charge in [0.2, 0.25) is 5.91 Å². The first-order chi connectivity index (χ1) is 13.7. The van der Waals surface area contributed by atoms with Crippen molar-refractivity contribution >= 4 is 68.2 Å². The van der Waals surface area contributed by atoms with Crippen molar-refractivity contribution in [3.63, 3.8) is 0 Å². The molecule has 156 valence electrons. The molecule has 0 unspecified atom stereocenters. The number of thioether (sulfide) groups is 1. The van der Waals surface area contributed by atoms with E-state index in [-0.39, 0.29) is 31.6 Å². The van der Waals surface area contributed by atoms with E-state index in [1.54, 1.807) is 12.1 Å². The summed E-state index contributed by atoms with van der Waals surface area (Å²) < 4.78 is 27.0. The molecule has 1 amide bonds. The summed E-state index contributed by atoms with van der Waals surface area (Å²) in [6.07, 6.45) is 3.09. The Kier molecular flexibility index (Phi) is 7.07. The molecular formula is C16H15Cl2N3O5S3. The van der Waals surface area contributed by atoms with Gasteiger partial charge in [-0.25, -0.2) is 13.2 Å². The number of nitrogens with one attached hydrogen (secondary N) is 1. The van der Waals surface area contributed by atoms with Crippen LogP contribution in [0.3, 0.4) is 0 Å². The van der Waals surface area contributed by atoms with Crippen LogP contribution in [0.15, 0.2) is 34.8 Å². The highest BCUT2D eigenvalue weighted by Crippen LogP contribution is 2.38. The molecule has 3 rings (SSSR count). The van der Waals surface area contributed by atoms with Crippen molar-refractivity contribution in [3.8, 4) is 0 Å². The Balaban J connectivity index is 1.77. The van der Waals surface area contributed by atoms with E-state index in [2.05, 4.69) is 10.3 Å². The summed E-state index contributed by atoms with van der Waals surface area (Å²) >= 11 is 13.8. The summed E-state index contributed by atoms with van der Waals surface area (Å²) in [5.74, 6) is -1.62. The highest BCUT2D eigenvalue weighted by molar-refractivity contribution is 8.01. The minimum atomic E-state index is -4.00. The van der Waals surface area contributed by atoms with Crippen LogP contribution in [0.2, 0.25) is 9.36 Å². The van der Waals surface area contributed by atoms with E-state index in [0.29, 0.717) is 5.56 Å². The number of amides is 1. The van der Waals surface area contributed by atoms with Gasteiger partial charge in [-0.05, 0) is 23.8 Å². The largest absolute Gasteiger partial charge is 0.480 e. The molecule has 2 atom stereocenters. The number of carboxylic acids is 1. The lowest BCUT2D eigenvalue weighted by atomic mass is 10.1. The molecule has 29 heavy (non-hydrogen) atoms. The number of aromatic nitrogens is 1. The second-order valence-corrected chi connectivity index (χ2v) is 11.2. The third-order valence-corrected chi connectivity index (χ3v) is 9.48. The lowest BCUT2D eigenvalue weighted by Crippen LogP contribution is -2.52. The third-order valence-electron chi connectivity index (χ3n) is 4.13. The van der Waals surface area contributed by atoms with Crippen molar-refractivity contribution in [2.75, 3.05) is 11.6 Å². The predicted molar refractivity (Wildman–Crippen MR) is 112 cm³/mol. The highest BCUT2D eigenvalue weighted by Gasteiger charge is 2.42. The van der Waals surface area contributed by atoms with Crippen molar-refractivity contribution in [3.05, 3.63) is 45.5 Å². The van der Waals surface area contributed by atoms with Gasteiger partial charge < -0.3 is 10.4 Å². The molecule has 2 N–H and O–H groups in total. The van der Waals surface area contributed by atoms with Gasteiger partial charge in [0.1, 0.15) is 20.6 Å². The zero-order valence-electron chi connectivity index (χ0n) is 14.6. The van der Waals surface area contributed by atoms with Crippen LogP contribution < -0.4 is 5.32 Å². The number of halogens is 2. The fraction of sp³-hybridized carbons (Fsp3) is 0.312. The molecule has 0 radical (unpaired) electrons. The quantitative estimate of drug-likeness (QED) is 0.604. The molecule has 2 aromatic heterocycles. The molecule has 0 aromatic carbocycles. The molecule has 0 aliphatic carbocycles. The van der Waals surface area contributed by atoms with Gasteiger partial charge in [-0.15, -0.1) is 23.1 Å². The maximum Gasteiger partial charge on any atom is 0.326 e. The first-order valence-electron chi connectivity index (χ1n) is 8.16. The van der Waals surface area contributed by atoms with Crippen molar-refractivity contribution < 1.29 is 23.1 Å². The molecule has 0 bridgehead atoms. The van der Waals surface area contributed by atoms with Crippen LogP contribution in [-0.4, -0.2) is 58.4 Å². The first kappa shape index (κ1) is 22.3. The fourth-order valence-electron chi connectivity index (χ4n) is 2.66. The van der Waals surface area contributed by atoms with Crippen molar-refractivity contribution in [2.24, 2.45) is 0 Å². The van der Waals surface area contributed by atoms with Crippen LogP contribution >= 0.6 is 46.3 Å². The number of carbonyl (C=O) groups excluding carboxylic acids is 1. The monoisotopic (exact) mass is 495 g/mol. The normalized spacial score (nSPS) is 18.5. The van der Waals surface area contributed by atoms with E-state index in [0.717, 1.165) is 15.6 Å². The molecule has 2 aromatic rings. The van der Waals surface area contributed by atoms with E-state index in [1.165, 1.54) is 30.2 Å². The average Bonchev–Trinajstić information content (AvgIpc) is 3.30. The maximum absolute atomic E-state index is 12.9. The van der Waals surface area contributed by atoms with Gasteiger partial charge in [-0.1, -0.05) is 23.2 Å². The number of carbonyl (C=O) groups is 2. The van der Waals surface area contributed by atoms with Crippen LogP contribution in [0.5, 0.6) is 0 Å². The molecule has 0 saturated carbocycles. The number of thiophene rings is 1. The second kappa shape index (κ2) is 9.19. The number of rotatable bonds is 7. The number of nitrogens with zero attached hydrogens (tertiary/aromatic N) is 2. The van der Waals surface area contributed by atoms with Crippen LogP contribution in [0.4, 0.5) is 0 Å². The van der Waals surface area contributed by atoms with Gasteiger partial charge in [0.15, 0.2) is 0 Å². The molecule has 1 aliphatic heterocycles. The third kappa shape index (κ3) is 5.04. The summed E-state index contributed by atoms with van der Waals surface area (Å²) in [5.41, 5.74) is 0.681.